The van der Waals surface area contributed by atoms with Gasteiger partial charge in [-0.2, -0.15) is 18.3 Å². The van der Waals surface area contributed by atoms with Gasteiger partial charge in [0.25, 0.3) is 5.91 Å². The van der Waals surface area contributed by atoms with Crippen molar-refractivity contribution in [3.8, 4) is 11.4 Å². The van der Waals surface area contributed by atoms with Crippen LogP contribution in [0.4, 0.5) is 18.9 Å². The lowest BCUT2D eigenvalue weighted by atomic mass is 9.97. The summed E-state index contributed by atoms with van der Waals surface area (Å²) in [4.78, 5) is 13.2. The number of para-hydroxylation sites is 1. The molecule has 3 N–H and O–H groups in total. The van der Waals surface area contributed by atoms with Crippen molar-refractivity contribution >= 4 is 27.5 Å². The van der Waals surface area contributed by atoms with E-state index in [4.69, 9.17) is 0 Å². The molecule has 0 aliphatic heterocycles. The van der Waals surface area contributed by atoms with Gasteiger partial charge in [-0.3, -0.25) is 4.79 Å². The van der Waals surface area contributed by atoms with Gasteiger partial charge in [-0.1, -0.05) is 36.4 Å². The van der Waals surface area contributed by atoms with E-state index in [0.717, 1.165) is 28.4 Å². The molecule has 1 heterocycles. The number of aromatic nitrogens is 2. The molecule has 10 heteroatoms. The van der Waals surface area contributed by atoms with Gasteiger partial charge in [0.15, 0.2) is 5.69 Å². The van der Waals surface area contributed by atoms with Crippen molar-refractivity contribution in [2.75, 3.05) is 11.9 Å². The molecule has 0 spiro atoms. The molecule has 1 aliphatic carbocycles. The molecule has 1 aliphatic rings. The van der Waals surface area contributed by atoms with Crippen LogP contribution in [0, 0.1) is 5.92 Å². The highest BCUT2D eigenvalue weighted by atomic mass is 79.9. The number of phenols is 1. The molecule has 3 aromatic carbocycles. The quantitative estimate of drug-likeness (QED) is 0.215. The maximum atomic E-state index is 13.4. The Bertz CT molecular complexity index is 1450. The maximum Gasteiger partial charge on any atom is 0.435 e. The topological polar surface area (TPSA) is 79.2 Å². The van der Waals surface area contributed by atoms with Gasteiger partial charge < -0.3 is 15.7 Å². The Balaban J connectivity index is 1.45. The summed E-state index contributed by atoms with van der Waals surface area (Å²) in [6.07, 6.45) is -2.36. The molecule has 1 amide bonds. The molecular formula is C28H24BrF3N4O2. The van der Waals surface area contributed by atoms with Gasteiger partial charge in [-0.25, -0.2) is 4.68 Å². The summed E-state index contributed by atoms with van der Waals surface area (Å²) in [5, 5.41) is 19.9. The van der Waals surface area contributed by atoms with Crippen molar-refractivity contribution in [2.24, 2.45) is 5.92 Å². The molecule has 6 nitrogen and oxygen atoms in total. The Morgan fingerprint density at radius 3 is 2.45 bits per heavy atom. The van der Waals surface area contributed by atoms with E-state index in [0.29, 0.717) is 21.8 Å². The number of hydrogen-bond acceptors (Lipinski definition) is 4. The summed E-state index contributed by atoms with van der Waals surface area (Å²) in [6.45, 7) is 0.816. The van der Waals surface area contributed by atoms with Crippen LogP contribution in [0.3, 0.4) is 0 Å². The zero-order valence-electron chi connectivity index (χ0n) is 20.0. The van der Waals surface area contributed by atoms with E-state index in [-0.39, 0.29) is 17.5 Å². The molecule has 38 heavy (non-hydrogen) atoms. The van der Waals surface area contributed by atoms with Gasteiger partial charge in [0.05, 0.1) is 16.2 Å². The number of anilines is 1. The molecule has 4 aromatic rings. The Labute approximate surface area is 225 Å². The molecule has 1 aromatic heterocycles. The van der Waals surface area contributed by atoms with Crippen LogP contribution in [0.1, 0.15) is 46.2 Å². The highest BCUT2D eigenvalue weighted by Gasteiger charge is 2.36. The fourth-order valence-corrected chi connectivity index (χ4v) is 4.57. The normalized spacial score (nSPS) is 14.3. The third-order valence-electron chi connectivity index (χ3n) is 6.32. The van der Waals surface area contributed by atoms with E-state index in [1.165, 1.54) is 12.8 Å². The van der Waals surface area contributed by atoms with Crippen molar-refractivity contribution < 1.29 is 23.1 Å². The second kappa shape index (κ2) is 10.6. The first-order valence-electron chi connectivity index (χ1n) is 12.0. The molecule has 0 saturated heterocycles. The second-order valence-electron chi connectivity index (χ2n) is 9.24. The van der Waals surface area contributed by atoms with Crippen LogP contribution >= 0.6 is 15.9 Å². The minimum Gasteiger partial charge on any atom is -0.507 e. The Morgan fingerprint density at radius 1 is 1.03 bits per heavy atom. The van der Waals surface area contributed by atoms with E-state index in [1.54, 1.807) is 54.6 Å². The van der Waals surface area contributed by atoms with E-state index < -0.39 is 17.8 Å². The fraction of sp³-hybridized carbons (Fsp3) is 0.214. The molecule has 5 rings (SSSR count). The van der Waals surface area contributed by atoms with Gasteiger partial charge in [-0.05, 0) is 88.8 Å². The number of benzene rings is 3. The van der Waals surface area contributed by atoms with E-state index in [1.807, 2.05) is 18.2 Å². The summed E-state index contributed by atoms with van der Waals surface area (Å²) in [6, 6.07) is 21.2. The fourth-order valence-electron chi connectivity index (χ4n) is 4.18. The number of carbonyl (C=O) groups excluding carboxylic acids is 1. The number of halogens is 4. The molecule has 1 atom stereocenters. The zero-order chi connectivity index (χ0) is 26.9. The number of hydrogen-bond donors (Lipinski definition) is 3. The largest absolute Gasteiger partial charge is 0.507 e. The van der Waals surface area contributed by atoms with Crippen molar-refractivity contribution in [2.45, 2.75) is 25.1 Å². The highest BCUT2D eigenvalue weighted by Crippen LogP contribution is 2.34. The average molecular weight is 585 g/mol. The van der Waals surface area contributed by atoms with Crippen LogP contribution in [0.15, 0.2) is 83.3 Å². The number of amides is 1. The predicted octanol–water partition coefficient (Wildman–Crippen LogP) is 6.70. The lowest BCUT2D eigenvalue weighted by Crippen LogP contribution is -2.25. The Morgan fingerprint density at radius 2 is 1.76 bits per heavy atom. The first-order chi connectivity index (χ1) is 18.2. The summed E-state index contributed by atoms with van der Waals surface area (Å²) in [5.74, 6) is 0.0230. The Hall–Kier alpha value is -3.63. The first-order valence-corrected chi connectivity index (χ1v) is 12.8. The van der Waals surface area contributed by atoms with E-state index in [9.17, 15) is 23.1 Å². The molecule has 1 unspecified atom stereocenters. The van der Waals surface area contributed by atoms with Gasteiger partial charge >= 0.3 is 6.18 Å². The molecular weight excluding hydrogens is 561 g/mol. The zero-order valence-corrected chi connectivity index (χ0v) is 21.6. The van der Waals surface area contributed by atoms with Crippen LogP contribution < -0.4 is 10.6 Å². The first kappa shape index (κ1) is 26.0. The van der Waals surface area contributed by atoms with Crippen molar-refractivity contribution in [1.82, 2.24) is 15.1 Å². The van der Waals surface area contributed by atoms with Crippen LogP contribution in [0.5, 0.6) is 5.75 Å². The summed E-state index contributed by atoms with van der Waals surface area (Å²) >= 11 is 3.37. The lowest BCUT2D eigenvalue weighted by Gasteiger charge is -2.21. The van der Waals surface area contributed by atoms with Gasteiger partial charge in [0.2, 0.25) is 0 Å². The van der Waals surface area contributed by atoms with Gasteiger partial charge in [0, 0.05) is 11.8 Å². The van der Waals surface area contributed by atoms with Crippen LogP contribution in [-0.2, 0) is 6.18 Å². The smallest absolute Gasteiger partial charge is 0.435 e. The van der Waals surface area contributed by atoms with Crippen LogP contribution in [0.25, 0.3) is 5.69 Å². The van der Waals surface area contributed by atoms with Crippen LogP contribution in [0.2, 0.25) is 0 Å². The summed E-state index contributed by atoms with van der Waals surface area (Å²) in [5.41, 5.74) is 1.15. The summed E-state index contributed by atoms with van der Waals surface area (Å²) in [7, 11) is 0. The second-order valence-corrected chi connectivity index (χ2v) is 10.1. The van der Waals surface area contributed by atoms with E-state index >= 15 is 0 Å². The maximum absolute atomic E-state index is 13.4. The van der Waals surface area contributed by atoms with Crippen molar-refractivity contribution in [3.63, 3.8) is 0 Å². The molecule has 196 valence electrons. The van der Waals surface area contributed by atoms with Crippen LogP contribution in [-0.4, -0.2) is 27.3 Å². The summed E-state index contributed by atoms with van der Waals surface area (Å²) < 4.78 is 41.9. The van der Waals surface area contributed by atoms with Gasteiger partial charge in [-0.15, -0.1) is 0 Å². The highest BCUT2D eigenvalue weighted by molar-refractivity contribution is 9.10. The standard InChI is InChI=1S/C28H24BrF3N4O2/c29-22-14-19(11-12-24(22)37)26(33-16-17-9-10-17)18-5-4-6-20(13-18)34-27(38)23-15-25(28(30,31)32)35-36(23)21-7-2-1-3-8-21/h1-8,11-15,17,26,33,37H,9-10,16H2,(H,34,38). The van der Waals surface area contributed by atoms with Crippen molar-refractivity contribution in [3.05, 3.63) is 106 Å². The molecule has 0 radical (unpaired) electrons. The predicted molar refractivity (Wildman–Crippen MR) is 141 cm³/mol. The number of aromatic hydroxyl groups is 1. The molecule has 0 bridgehead atoms. The third kappa shape index (κ3) is 5.92. The van der Waals surface area contributed by atoms with Crippen molar-refractivity contribution in [1.29, 1.82) is 0 Å². The number of carbonyl (C=O) groups is 1. The Kier molecular flexibility index (Phi) is 7.27. The lowest BCUT2D eigenvalue weighted by molar-refractivity contribution is -0.141. The number of phenolic OH excluding ortho intramolecular Hbond substituents is 1. The average Bonchev–Trinajstić information content (AvgIpc) is 3.60. The number of nitrogens with zero attached hydrogens (tertiary/aromatic N) is 2. The van der Waals surface area contributed by atoms with E-state index in [2.05, 4.69) is 31.7 Å². The third-order valence-corrected chi connectivity index (χ3v) is 6.96. The minimum absolute atomic E-state index is 0.129. The minimum atomic E-state index is -4.70. The SMILES string of the molecule is O=C(Nc1cccc(C(NCC2CC2)c2ccc(O)c(Br)c2)c1)c1cc(C(F)(F)F)nn1-c1ccccc1. The molecule has 1 fully saturated rings. The monoisotopic (exact) mass is 584 g/mol. The number of rotatable bonds is 8. The number of nitrogens with one attached hydrogen (secondary N) is 2. The molecule has 1 saturated carbocycles. The van der Waals surface area contributed by atoms with Gasteiger partial charge in [0.1, 0.15) is 11.4 Å². The number of alkyl halides is 3.